The van der Waals surface area contributed by atoms with Crippen molar-refractivity contribution in [1.82, 2.24) is 4.72 Å². The summed E-state index contributed by atoms with van der Waals surface area (Å²) in [6.07, 6.45) is 4.49. The van der Waals surface area contributed by atoms with Gasteiger partial charge in [0, 0.05) is 6.20 Å². The van der Waals surface area contributed by atoms with E-state index in [4.69, 9.17) is 5.73 Å². The van der Waals surface area contributed by atoms with E-state index >= 15 is 0 Å². The number of hydrogen-bond donors (Lipinski definition) is 2. The Morgan fingerprint density at radius 3 is 2.80 bits per heavy atom. The lowest BCUT2D eigenvalue weighted by molar-refractivity contribution is -0.113. The van der Waals surface area contributed by atoms with Crippen LogP contribution in [0.5, 0.6) is 0 Å². The Labute approximate surface area is 60.4 Å². The van der Waals surface area contributed by atoms with E-state index in [1.54, 1.807) is 6.08 Å². The summed E-state index contributed by atoms with van der Waals surface area (Å²) in [6.45, 7) is 0. The highest BCUT2D eigenvalue weighted by atomic mass is 32.2. The van der Waals surface area contributed by atoms with Crippen LogP contribution in [0.2, 0.25) is 0 Å². The van der Waals surface area contributed by atoms with Gasteiger partial charge in [-0.3, -0.25) is 4.79 Å². The Balaban J connectivity index is 2.91. The molecule has 54 valence electrons. The first-order chi connectivity index (χ1) is 4.72. The highest BCUT2D eigenvalue weighted by Crippen LogP contribution is 2.02. The number of nitrogens with two attached hydrogens (primary N) is 1. The fourth-order valence-corrected chi connectivity index (χ4v) is 1.25. The fourth-order valence-electron chi connectivity index (χ4n) is 0.535. The number of amides is 1. The topological polar surface area (TPSA) is 72.2 Å². The largest absolute Gasteiger partial charge is 0.365 e. The molecule has 0 radical (unpaired) electrons. The molecule has 0 aliphatic carbocycles. The van der Waals surface area contributed by atoms with Crippen LogP contribution in [0.1, 0.15) is 0 Å². The quantitative estimate of drug-likeness (QED) is 0.521. The maximum absolute atomic E-state index is 10.8. The molecule has 0 aromatic rings. The molecule has 0 fully saturated rings. The predicted molar refractivity (Wildman–Crippen MR) is 37.7 cm³/mol. The van der Waals surface area contributed by atoms with Crippen molar-refractivity contribution in [3.05, 3.63) is 23.3 Å². The van der Waals surface area contributed by atoms with E-state index < -0.39 is 16.9 Å². The molecule has 0 bridgehead atoms. The van der Waals surface area contributed by atoms with Crippen molar-refractivity contribution in [3.8, 4) is 0 Å². The molecule has 0 aromatic carbocycles. The molecule has 4 nitrogen and oxygen atoms in total. The normalized spacial score (nSPS) is 23.2. The van der Waals surface area contributed by atoms with Gasteiger partial charge in [0.25, 0.3) is 5.91 Å². The van der Waals surface area contributed by atoms with Gasteiger partial charge in [-0.15, -0.1) is 0 Å². The number of primary amides is 1. The summed E-state index contributed by atoms with van der Waals surface area (Å²) in [5.41, 5.74) is 4.88. The number of rotatable bonds is 1. The minimum absolute atomic E-state index is 0.0995. The lowest BCUT2D eigenvalue weighted by Crippen LogP contribution is -2.24. The average Bonchev–Trinajstić information content (AvgIpc) is 1.88. The first-order valence-electron chi connectivity index (χ1n) is 2.56. The van der Waals surface area contributed by atoms with Crippen molar-refractivity contribution >= 4 is 16.9 Å². The lowest BCUT2D eigenvalue weighted by atomic mass is 10.4. The highest BCUT2D eigenvalue weighted by Gasteiger charge is 2.12. The van der Waals surface area contributed by atoms with Crippen LogP contribution in [-0.4, -0.2) is 10.1 Å². The first-order valence-corrected chi connectivity index (χ1v) is 3.71. The number of allylic oxidation sites excluding steroid dienone is 2. The average molecular weight is 158 g/mol. The van der Waals surface area contributed by atoms with Gasteiger partial charge in [-0.1, -0.05) is 0 Å². The van der Waals surface area contributed by atoms with Crippen LogP contribution < -0.4 is 10.5 Å². The Kier molecular flexibility index (Phi) is 1.86. The Bertz CT molecular complexity index is 244. The fraction of sp³-hybridized carbons (Fsp3) is 0. The monoisotopic (exact) mass is 158 g/mol. The number of carbonyl (C=O) groups is 1. The molecule has 1 aliphatic rings. The second kappa shape index (κ2) is 2.66. The van der Waals surface area contributed by atoms with E-state index in [9.17, 15) is 9.00 Å². The van der Waals surface area contributed by atoms with Crippen molar-refractivity contribution in [3.63, 3.8) is 0 Å². The van der Waals surface area contributed by atoms with Crippen molar-refractivity contribution in [1.29, 1.82) is 0 Å². The van der Waals surface area contributed by atoms with Crippen molar-refractivity contribution < 1.29 is 9.00 Å². The number of nitrogens with one attached hydrogen (secondary N) is 1. The van der Waals surface area contributed by atoms with Crippen molar-refractivity contribution in [2.45, 2.75) is 0 Å². The minimum Gasteiger partial charge on any atom is -0.365 e. The summed E-state index contributed by atoms with van der Waals surface area (Å²) in [4.78, 5) is 10.6. The van der Waals surface area contributed by atoms with E-state index in [-0.39, 0.29) is 4.91 Å². The van der Waals surface area contributed by atoms with Crippen LogP contribution in [0, 0.1) is 0 Å². The molecule has 0 saturated carbocycles. The molecule has 1 heterocycles. The van der Waals surface area contributed by atoms with E-state index in [0.717, 1.165) is 0 Å². The van der Waals surface area contributed by atoms with Gasteiger partial charge >= 0.3 is 0 Å². The van der Waals surface area contributed by atoms with Gasteiger partial charge in [0.15, 0.2) is 11.0 Å². The molecule has 1 rings (SSSR count). The minimum atomic E-state index is -1.46. The second-order valence-corrected chi connectivity index (χ2v) is 2.85. The molecule has 1 aliphatic heterocycles. The predicted octanol–water partition coefficient (Wildman–Crippen LogP) is -0.864. The Morgan fingerprint density at radius 1 is 1.70 bits per heavy atom. The zero-order valence-corrected chi connectivity index (χ0v) is 5.85. The summed E-state index contributed by atoms with van der Waals surface area (Å²) in [5.74, 6) is -0.657. The number of carbonyl (C=O) groups excluding carboxylic acids is 1. The van der Waals surface area contributed by atoms with Crippen molar-refractivity contribution in [2.24, 2.45) is 5.73 Å². The summed E-state index contributed by atoms with van der Waals surface area (Å²) < 4.78 is 13.3. The van der Waals surface area contributed by atoms with Crippen LogP contribution in [-0.2, 0) is 15.8 Å². The van der Waals surface area contributed by atoms with E-state index in [1.807, 2.05) is 0 Å². The molecule has 0 saturated heterocycles. The Hall–Kier alpha value is -1.10. The van der Waals surface area contributed by atoms with Gasteiger partial charge in [0.05, 0.1) is 0 Å². The molecule has 1 unspecified atom stereocenters. The van der Waals surface area contributed by atoms with E-state index in [1.165, 1.54) is 12.3 Å². The molecular formula is C5H6N2O2S. The molecule has 5 heteroatoms. The summed E-state index contributed by atoms with van der Waals surface area (Å²) in [7, 11) is -1.46. The van der Waals surface area contributed by atoms with E-state index in [2.05, 4.69) is 4.72 Å². The van der Waals surface area contributed by atoms with Crippen LogP contribution >= 0.6 is 0 Å². The van der Waals surface area contributed by atoms with Crippen LogP contribution in [0.4, 0.5) is 0 Å². The van der Waals surface area contributed by atoms with Crippen LogP contribution in [0.3, 0.4) is 0 Å². The summed E-state index contributed by atoms with van der Waals surface area (Å²) in [6, 6.07) is 0. The zero-order valence-electron chi connectivity index (χ0n) is 5.03. The first kappa shape index (κ1) is 7.01. The zero-order chi connectivity index (χ0) is 7.56. The highest BCUT2D eigenvalue weighted by molar-refractivity contribution is 7.88. The maximum atomic E-state index is 10.8. The summed E-state index contributed by atoms with van der Waals surface area (Å²) in [5, 5.41) is 0. The maximum Gasteiger partial charge on any atom is 0.259 e. The number of hydrogen-bond acceptors (Lipinski definition) is 2. The second-order valence-electron chi connectivity index (χ2n) is 1.64. The third-order valence-corrected chi connectivity index (χ3v) is 2.05. The smallest absolute Gasteiger partial charge is 0.259 e. The lowest BCUT2D eigenvalue weighted by Gasteiger charge is -2.04. The summed E-state index contributed by atoms with van der Waals surface area (Å²) >= 11 is 0. The molecule has 0 aromatic heterocycles. The molecular weight excluding hydrogens is 152 g/mol. The third kappa shape index (κ3) is 1.24. The van der Waals surface area contributed by atoms with Crippen molar-refractivity contribution in [2.75, 3.05) is 0 Å². The SMILES string of the molecule is NC(=O)C1=CC=CNS1=O. The third-order valence-electron chi connectivity index (χ3n) is 0.961. The van der Waals surface area contributed by atoms with Crippen LogP contribution in [0.15, 0.2) is 23.3 Å². The van der Waals surface area contributed by atoms with Gasteiger partial charge in [-0.2, -0.15) is 0 Å². The molecule has 10 heavy (non-hydrogen) atoms. The van der Waals surface area contributed by atoms with Gasteiger partial charge in [0.1, 0.15) is 4.91 Å². The van der Waals surface area contributed by atoms with Gasteiger partial charge < -0.3 is 10.5 Å². The van der Waals surface area contributed by atoms with Crippen LogP contribution in [0.25, 0.3) is 0 Å². The standard InChI is InChI=1S/C5H6N2O2S/c6-5(8)4-2-1-3-7-10(4)9/h1-3,7H,(H2,6,8). The molecule has 1 amide bonds. The molecule has 1 atom stereocenters. The molecule has 0 spiro atoms. The van der Waals surface area contributed by atoms with Gasteiger partial charge in [0.2, 0.25) is 0 Å². The molecule has 3 N–H and O–H groups in total. The van der Waals surface area contributed by atoms with Gasteiger partial charge in [-0.25, -0.2) is 4.21 Å². The van der Waals surface area contributed by atoms with E-state index in [0.29, 0.717) is 0 Å². The Morgan fingerprint density at radius 2 is 2.40 bits per heavy atom. The van der Waals surface area contributed by atoms with Gasteiger partial charge in [-0.05, 0) is 12.2 Å².